The van der Waals surface area contributed by atoms with Crippen LogP contribution >= 0.6 is 15.9 Å². The van der Waals surface area contributed by atoms with Crippen molar-refractivity contribution in [2.75, 3.05) is 5.32 Å². The monoisotopic (exact) mass is 333 g/mol. The maximum Gasteiger partial charge on any atom is 0.255 e. The number of hydrogen-bond donors (Lipinski definition) is 3. The Bertz CT molecular complexity index is 654. The van der Waals surface area contributed by atoms with Crippen molar-refractivity contribution in [2.24, 2.45) is 10.9 Å². The van der Waals surface area contributed by atoms with Gasteiger partial charge in [0.25, 0.3) is 5.91 Å². The number of amidine groups is 1. The zero-order chi connectivity index (χ0) is 14.5. The van der Waals surface area contributed by atoms with Crippen molar-refractivity contribution in [3.8, 4) is 0 Å². The standard InChI is InChI=1S/C14H12BrN3O2/c15-11-3-1-2-10(8-11)14(19)17-12-6-4-9(5-7-12)13(16)18-20/h1-8,20H,(H2,16,18)(H,17,19). The van der Waals surface area contributed by atoms with Gasteiger partial charge >= 0.3 is 0 Å². The summed E-state index contributed by atoms with van der Waals surface area (Å²) in [7, 11) is 0. The van der Waals surface area contributed by atoms with E-state index in [1.807, 2.05) is 6.07 Å². The summed E-state index contributed by atoms with van der Waals surface area (Å²) in [6.07, 6.45) is 0. The molecule has 0 atom stereocenters. The number of benzene rings is 2. The van der Waals surface area contributed by atoms with Gasteiger partial charge in [-0.15, -0.1) is 0 Å². The topological polar surface area (TPSA) is 87.7 Å². The normalized spacial score (nSPS) is 11.2. The molecule has 0 saturated heterocycles. The fourth-order valence-corrected chi connectivity index (χ4v) is 2.01. The number of rotatable bonds is 3. The van der Waals surface area contributed by atoms with Crippen molar-refractivity contribution in [3.63, 3.8) is 0 Å². The smallest absolute Gasteiger partial charge is 0.255 e. The summed E-state index contributed by atoms with van der Waals surface area (Å²) in [6.45, 7) is 0. The lowest BCUT2D eigenvalue weighted by atomic mass is 10.1. The maximum absolute atomic E-state index is 12.0. The number of carbonyl (C=O) groups excluding carboxylic acids is 1. The van der Waals surface area contributed by atoms with Crippen molar-refractivity contribution in [3.05, 3.63) is 64.1 Å². The Hall–Kier alpha value is -2.34. The van der Waals surface area contributed by atoms with Gasteiger partial charge in [0, 0.05) is 21.3 Å². The lowest BCUT2D eigenvalue weighted by Crippen LogP contribution is -2.14. The summed E-state index contributed by atoms with van der Waals surface area (Å²) in [4.78, 5) is 12.0. The number of nitrogens with zero attached hydrogens (tertiary/aromatic N) is 1. The highest BCUT2D eigenvalue weighted by Crippen LogP contribution is 2.14. The molecular formula is C14H12BrN3O2. The largest absolute Gasteiger partial charge is 0.409 e. The second-order valence-electron chi connectivity index (χ2n) is 4.03. The number of nitrogens with one attached hydrogen (secondary N) is 1. The number of anilines is 1. The predicted molar refractivity (Wildman–Crippen MR) is 81.0 cm³/mol. The van der Waals surface area contributed by atoms with Crippen LogP contribution in [-0.2, 0) is 0 Å². The van der Waals surface area contributed by atoms with Gasteiger partial charge < -0.3 is 16.3 Å². The third-order valence-electron chi connectivity index (χ3n) is 2.63. The first-order valence-corrected chi connectivity index (χ1v) is 6.54. The van der Waals surface area contributed by atoms with E-state index in [2.05, 4.69) is 26.4 Å². The Kier molecular flexibility index (Phi) is 4.37. The van der Waals surface area contributed by atoms with Crippen LogP contribution in [0.15, 0.2) is 58.2 Å². The zero-order valence-corrected chi connectivity index (χ0v) is 12.0. The van der Waals surface area contributed by atoms with E-state index in [0.717, 1.165) is 4.47 Å². The van der Waals surface area contributed by atoms with Crippen molar-refractivity contribution in [2.45, 2.75) is 0 Å². The van der Waals surface area contributed by atoms with Gasteiger partial charge in [0.1, 0.15) is 0 Å². The summed E-state index contributed by atoms with van der Waals surface area (Å²) in [5.74, 6) is -0.183. The number of oxime groups is 1. The molecular weight excluding hydrogens is 322 g/mol. The van der Waals surface area contributed by atoms with E-state index in [4.69, 9.17) is 10.9 Å². The number of hydrogen-bond acceptors (Lipinski definition) is 3. The number of amides is 1. The molecule has 6 heteroatoms. The lowest BCUT2D eigenvalue weighted by Gasteiger charge is -2.06. The minimum atomic E-state index is -0.206. The quantitative estimate of drug-likeness (QED) is 0.349. The molecule has 0 aliphatic heterocycles. The van der Waals surface area contributed by atoms with Gasteiger partial charge in [0.2, 0.25) is 0 Å². The first kappa shape index (κ1) is 14.1. The summed E-state index contributed by atoms with van der Waals surface area (Å²) < 4.78 is 0.840. The van der Waals surface area contributed by atoms with Gasteiger partial charge in [-0.2, -0.15) is 0 Å². The van der Waals surface area contributed by atoms with Crippen molar-refractivity contribution < 1.29 is 10.0 Å². The summed E-state index contributed by atoms with van der Waals surface area (Å²) in [5.41, 5.74) is 7.22. The second-order valence-corrected chi connectivity index (χ2v) is 4.94. The highest BCUT2D eigenvalue weighted by atomic mass is 79.9. The van der Waals surface area contributed by atoms with Gasteiger partial charge in [-0.05, 0) is 42.5 Å². The molecule has 0 aliphatic carbocycles. The highest BCUT2D eigenvalue weighted by Gasteiger charge is 2.06. The molecule has 2 aromatic carbocycles. The van der Waals surface area contributed by atoms with Gasteiger partial charge in [-0.1, -0.05) is 27.2 Å². The van der Waals surface area contributed by atoms with Gasteiger partial charge in [-0.3, -0.25) is 4.79 Å². The van der Waals surface area contributed by atoms with E-state index < -0.39 is 0 Å². The van der Waals surface area contributed by atoms with Crippen LogP contribution in [0.1, 0.15) is 15.9 Å². The van der Waals surface area contributed by atoms with E-state index in [9.17, 15) is 4.79 Å². The van der Waals surface area contributed by atoms with Crippen molar-refractivity contribution in [1.82, 2.24) is 0 Å². The molecule has 4 N–H and O–H groups in total. The third kappa shape index (κ3) is 3.36. The number of halogens is 1. The molecule has 2 rings (SSSR count). The molecule has 2 aromatic rings. The average Bonchev–Trinajstić information content (AvgIpc) is 2.47. The minimum Gasteiger partial charge on any atom is -0.409 e. The first-order chi connectivity index (χ1) is 9.60. The molecule has 1 amide bonds. The maximum atomic E-state index is 12.0. The van der Waals surface area contributed by atoms with Crippen LogP contribution in [-0.4, -0.2) is 17.0 Å². The Morgan fingerprint density at radius 1 is 1.15 bits per heavy atom. The molecule has 0 spiro atoms. The molecule has 0 aromatic heterocycles. The van der Waals surface area contributed by atoms with Crippen LogP contribution in [0.5, 0.6) is 0 Å². The van der Waals surface area contributed by atoms with E-state index in [1.54, 1.807) is 42.5 Å². The van der Waals surface area contributed by atoms with Crippen molar-refractivity contribution >= 4 is 33.4 Å². The van der Waals surface area contributed by atoms with Gasteiger partial charge in [0.15, 0.2) is 5.84 Å². The molecule has 102 valence electrons. The lowest BCUT2D eigenvalue weighted by molar-refractivity contribution is 0.102. The first-order valence-electron chi connectivity index (χ1n) is 5.75. The van der Waals surface area contributed by atoms with Crippen LogP contribution in [0.25, 0.3) is 0 Å². The Morgan fingerprint density at radius 2 is 1.85 bits per heavy atom. The fraction of sp³-hybridized carbons (Fsp3) is 0. The van der Waals surface area contributed by atoms with E-state index in [-0.39, 0.29) is 11.7 Å². The van der Waals surface area contributed by atoms with Crippen LogP contribution < -0.4 is 11.1 Å². The average molecular weight is 334 g/mol. The van der Waals surface area contributed by atoms with Crippen LogP contribution in [0.3, 0.4) is 0 Å². The van der Waals surface area contributed by atoms with Crippen LogP contribution in [0.2, 0.25) is 0 Å². The third-order valence-corrected chi connectivity index (χ3v) is 3.13. The number of carbonyl (C=O) groups is 1. The predicted octanol–water partition coefficient (Wildman–Crippen LogP) is 2.80. The second kappa shape index (κ2) is 6.21. The summed E-state index contributed by atoms with van der Waals surface area (Å²) >= 11 is 3.32. The Balaban J connectivity index is 2.12. The molecule has 0 saturated carbocycles. The molecule has 5 nitrogen and oxygen atoms in total. The minimum absolute atomic E-state index is 0.0230. The molecule has 0 unspecified atom stereocenters. The summed E-state index contributed by atoms with van der Waals surface area (Å²) in [5, 5.41) is 14.2. The van der Waals surface area contributed by atoms with Gasteiger partial charge in [0.05, 0.1) is 0 Å². The van der Waals surface area contributed by atoms with Crippen LogP contribution in [0.4, 0.5) is 5.69 Å². The number of nitrogens with two attached hydrogens (primary N) is 1. The molecule has 0 bridgehead atoms. The SMILES string of the molecule is NC(=NO)c1ccc(NC(=O)c2cccc(Br)c2)cc1. The molecule has 0 fully saturated rings. The van der Waals surface area contributed by atoms with Gasteiger partial charge in [-0.25, -0.2) is 0 Å². The van der Waals surface area contributed by atoms with Crippen LogP contribution in [0, 0.1) is 0 Å². The van der Waals surface area contributed by atoms with E-state index >= 15 is 0 Å². The molecule has 0 radical (unpaired) electrons. The van der Waals surface area contributed by atoms with Crippen molar-refractivity contribution in [1.29, 1.82) is 0 Å². The molecule has 0 aliphatic rings. The summed E-state index contributed by atoms with van der Waals surface area (Å²) in [6, 6.07) is 13.8. The fourth-order valence-electron chi connectivity index (χ4n) is 1.62. The van der Waals surface area contributed by atoms with E-state index in [1.165, 1.54) is 0 Å². The highest BCUT2D eigenvalue weighted by molar-refractivity contribution is 9.10. The van der Waals surface area contributed by atoms with E-state index in [0.29, 0.717) is 16.8 Å². The molecule has 20 heavy (non-hydrogen) atoms. The Morgan fingerprint density at radius 3 is 2.45 bits per heavy atom. The molecule has 0 heterocycles. The Labute approximate surface area is 124 Å². The zero-order valence-electron chi connectivity index (χ0n) is 10.4.